The van der Waals surface area contributed by atoms with Gasteiger partial charge in [-0.3, -0.25) is 4.79 Å². The molecule has 24 heavy (non-hydrogen) atoms. The van der Waals surface area contributed by atoms with E-state index in [2.05, 4.69) is 4.74 Å². The predicted molar refractivity (Wildman–Crippen MR) is 76.4 cm³/mol. The molecule has 2 aliphatic rings. The van der Waals surface area contributed by atoms with Gasteiger partial charge in [0.15, 0.2) is 5.78 Å². The minimum Gasteiger partial charge on any atom is -0.428 e. The summed E-state index contributed by atoms with van der Waals surface area (Å²) < 4.78 is 9.25. The van der Waals surface area contributed by atoms with E-state index in [0.717, 1.165) is 6.07 Å². The number of ketones is 1. The van der Waals surface area contributed by atoms with Crippen LogP contribution < -0.4 is 0 Å². The molecule has 0 spiro atoms. The molecule has 0 amide bonds. The second-order valence-corrected chi connectivity index (χ2v) is 5.27. The number of carbonyl (C=O) groups excluding carboxylic acids is 4. The molecule has 0 bridgehead atoms. The Morgan fingerprint density at radius 1 is 0.958 bits per heavy atom. The van der Waals surface area contributed by atoms with E-state index in [4.69, 9.17) is 4.74 Å². The van der Waals surface area contributed by atoms with E-state index in [-0.39, 0.29) is 33.4 Å². The molecule has 0 radical (unpaired) electrons. The second kappa shape index (κ2) is 4.84. The van der Waals surface area contributed by atoms with Crippen molar-refractivity contribution >= 4 is 23.7 Å². The fraction of sp³-hybridized carbons (Fsp3) is 0.0588. The Morgan fingerprint density at radius 3 is 2.38 bits per heavy atom. The van der Waals surface area contributed by atoms with E-state index in [1.54, 1.807) is 18.2 Å². The SMILES string of the molecule is O=C1OC(=O)c2c1cc1c(c2C(=O)c2ccccc2)C(=O)OC1O. The van der Waals surface area contributed by atoms with Crippen LogP contribution in [0, 0.1) is 0 Å². The van der Waals surface area contributed by atoms with E-state index in [1.807, 2.05) is 0 Å². The first kappa shape index (κ1) is 14.3. The lowest BCUT2D eigenvalue weighted by molar-refractivity contribution is -0.0548. The number of hydrogen-bond acceptors (Lipinski definition) is 7. The molecule has 2 aromatic rings. The maximum Gasteiger partial charge on any atom is 0.347 e. The average molecular weight is 324 g/mol. The first-order valence-corrected chi connectivity index (χ1v) is 6.95. The molecular weight excluding hydrogens is 316 g/mol. The maximum atomic E-state index is 12.9. The van der Waals surface area contributed by atoms with E-state index < -0.39 is 30.0 Å². The summed E-state index contributed by atoms with van der Waals surface area (Å²) in [5, 5.41) is 9.82. The number of aliphatic hydroxyl groups is 1. The van der Waals surface area contributed by atoms with E-state index >= 15 is 0 Å². The summed E-state index contributed by atoms with van der Waals surface area (Å²) in [6.45, 7) is 0. The van der Waals surface area contributed by atoms with Crippen molar-refractivity contribution in [2.24, 2.45) is 0 Å². The van der Waals surface area contributed by atoms with Gasteiger partial charge in [-0.15, -0.1) is 0 Å². The van der Waals surface area contributed by atoms with Crippen molar-refractivity contribution < 1.29 is 33.8 Å². The van der Waals surface area contributed by atoms with Gasteiger partial charge in [-0.2, -0.15) is 0 Å². The fourth-order valence-corrected chi connectivity index (χ4v) is 2.87. The normalized spacial score (nSPS) is 18.0. The van der Waals surface area contributed by atoms with Crippen molar-refractivity contribution in [1.29, 1.82) is 0 Å². The predicted octanol–water partition coefficient (Wildman–Crippen LogP) is 1.39. The van der Waals surface area contributed by atoms with Gasteiger partial charge in [0.2, 0.25) is 6.29 Å². The van der Waals surface area contributed by atoms with Gasteiger partial charge in [0, 0.05) is 11.1 Å². The fourth-order valence-electron chi connectivity index (χ4n) is 2.87. The summed E-state index contributed by atoms with van der Waals surface area (Å²) in [7, 11) is 0. The molecule has 4 rings (SSSR count). The van der Waals surface area contributed by atoms with Gasteiger partial charge in [0.05, 0.1) is 22.3 Å². The molecule has 0 fully saturated rings. The van der Waals surface area contributed by atoms with Crippen LogP contribution in [0.1, 0.15) is 58.8 Å². The molecule has 7 nitrogen and oxygen atoms in total. The highest BCUT2D eigenvalue weighted by molar-refractivity contribution is 6.26. The summed E-state index contributed by atoms with van der Waals surface area (Å²) in [6, 6.07) is 9.10. The third-order valence-corrected chi connectivity index (χ3v) is 3.92. The van der Waals surface area contributed by atoms with Crippen molar-refractivity contribution in [1.82, 2.24) is 0 Å². The lowest BCUT2D eigenvalue weighted by Gasteiger charge is -2.09. The van der Waals surface area contributed by atoms with Crippen LogP contribution in [0.3, 0.4) is 0 Å². The van der Waals surface area contributed by atoms with E-state index in [0.29, 0.717) is 0 Å². The van der Waals surface area contributed by atoms with Gasteiger partial charge in [-0.25, -0.2) is 14.4 Å². The third-order valence-electron chi connectivity index (χ3n) is 3.92. The van der Waals surface area contributed by atoms with E-state index in [9.17, 15) is 24.3 Å². The summed E-state index contributed by atoms with van der Waals surface area (Å²) in [5.74, 6) is -3.52. The molecule has 1 atom stereocenters. The molecule has 1 unspecified atom stereocenters. The van der Waals surface area contributed by atoms with Gasteiger partial charge < -0.3 is 14.6 Å². The Labute approximate surface area is 134 Å². The summed E-state index contributed by atoms with van der Waals surface area (Å²) in [4.78, 5) is 48.7. The highest BCUT2D eigenvalue weighted by atomic mass is 16.6. The van der Waals surface area contributed by atoms with Crippen molar-refractivity contribution in [3.05, 3.63) is 69.8 Å². The van der Waals surface area contributed by atoms with Crippen LogP contribution >= 0.6 is 0 Å². The third kappa shape index (κ3) is 1.82. The first-order valence-electron chi connectivity index (χ1n) is 6.95. The van der Waals surface area contributed by atoms with Gasteiger partial charge >= 0.3 is 17.9 Å². The van der Waals surface area contributed by atoms with Crippen LogP contribution in [0.5, 0.6) is 0 Å². The van der Waals surface area contributed by atoms with Crippen LogP contribution in [-0.2, 0) is 9.47 Å². The smallest absolute Gasteiger partial charge is 0.347 e. The second-order valence-electron chi connectivity index (χ2n) is 5.27. The van der Waals surface area contributed by atoms with Crippen LogP contribution in [0.15, 0.2) is 36.4 Å². The number of hydrogen-bond donors (Lipinski definition) is 1. The average Bonchev–Trinajstić information content (AvgIpc) is 3.03. The topological polar surface area (TPSA) is 107 Å². The van der Waals surface area contributed by atoms with Crippen molar-refractivity contribution in [2.45, 2.75) is 6.29 Å². The van der Waals surface area contributed by atoms with Crippen molar-refractivity contribution in [2.75, 3.05) is 0 Å². The van der Waals surface area contributed by atoms with Crippen LogP contribution in [0.4, 0.5) is 0 Å². The summed E-state index contributed by atoms with van der Waals surface area (Å²) in [6.07, 6.45) is -1.61. The number of aliphatic hydroxyl groups excluding tert-OH is 1. The number of fused-ring (bicyclic) bond motifs is 2. The zero-order chi connectivity index (χ0) is 17.0. The molecule has 0 saturated heterocycles. The molecule has 0 saturated carbocycles. The number of esters is 3. The van der Waals surface area contributed by atoms with E-state index in [1.165, 1.54) is 12.1 Å². The Hall–Kier alpha value is -3.32. The summed E-state index contributed by atoms with van der Waals surface area (Å²) >= 11 is 0. The zero-order valence-electron chi connectivity index (χ0n) is 11.9. The molecule has 0 aliphatic carbocycles. The molecular formula is C17H8O7. The Balaban J connectivity index is 2.06. The molecule has 0 aromatic heterocycles. The van der Waals surface area contributed by atoms with Crippen LogP contribution in [0.2, 0.25) is 0 Å². The molecule has 2 aromatic carbocycles. The van der Waals surface area contributed by atoms with Gasteiger partial charge in [-0.1, -0.05) is 30.3 Å². The number of rotatable bonds is 2. The molecule has 7 heteroatoms. The zero-order valence-corrected chi connectivity index (χ0v) is 11.9. The number of benzene rings is 2. The Morgan fingerprint density at radius 2 is 1.67 bits per heavy atom. The largest absolute Gasteiger partial charge is 0.428 e. The highest BCUT2D eigenvalue weighted by Gasteiger charge is 2.43. The molecule has 2 aliphatic heterocycles. The minimum atomic E-state index is -1.61. The first-order chi connectivity index (χ1) is 11.5. The number of cyclic esters (lactones) is 3. The summed E-state index contributed by atoms with van der Waals surface area (Å²) in [5.41, 5.74) is -0.777. The van der Waals surface area contributed by atoms with Gasteiger partial charge in [0.25, 0.3) is 0 Å². The Kier molecular flexibility index (Phi) is 2.88. The van der Waals surface area contributed by atoms with Crippen LogP contribution in [-0.4, -0.2) is 28.8 Å². The lowest BCUT2D eigenvalue weighted by Crippen LogP contribution is -2.15. The lowest BCUT2D eigenvalue weighted by atomic mass is 9.88. The molecule has 1 N–H and O–H groups in total. The van der Waals surface area contributed by atoms with Crippen molar-refractivity contribution in [3.63, 3.8) is 0 Å². The number of carbonyl (C=O) groups is 4. The maximum absolute atomic E-state index is 12.9. The van der Waals surface area contributed by atoms with Gasteiger partial charge in [0.1, 0.15) is 0 Å². The van der Waals surface area contributed by atoms with Crippen LogP contribution in [0.25, 0.3) is 0 Å². The highest BCUT2D eigenvalue weighted by Crippen LogP contribution is 2.38. The van der Waals surface area contributed by atoms with Gasteiger partial charge in [-0.05, 0) is 6.07 Å². The van der Waals surface area contributed by atoms with Crippen molar-refractivity contribution in [3.8, 4) is 0 Å². The number of ether oxygens (including phenoxy) is 2. The minimum absolute atomic E-state index is 0.0373. The monoisotopic (exact) mass is 324 g/mol. The quantitative estimate of drug-likeness (QED) is 0.505. The Bertz CT molecular complexity index is 943. The molecule has 118 valence electrons. The standard InChI is InChI=1S/C17H8O7/c18-13(7-4-2-1-3-5-7)12-10-8(14(19)23-16(10)21)6-9-11(12)17(22)24-15(9)20/h1-6,14,19H. The molecule has 2 heterocycles.